The number of nitrogens with one attached hydrogen (secondary N) is 2. The van der Waals surface area contributed by atoms with Crippen LogP contribution in [0.5, 0.6) is 0 Å². The second-order valence-corrected chi connectivity index (χ2v) is 6.19. The predicted molar refractivity (Wildman–Crippen MR) is 87.5 cm³/mol. The Morgan fingerprint density at radius 1 is 1.32 bits per heavy atom. The highest BCUT2D eigenvalue weighted by Gasteiger charge is 2.39. The fraction of sp³-hybridized carbons (Fsp3) is 0.588. The number of hydrogen-bond acceptors (Lipinski definition) is 4. The first-order valence-corrected chi connectivity index (χ1v) is 7.82. The molecule has 1 aromatic rings. The van der Waals surface area contributed by atoms with Crippen molar-refractivity contribution in [1.82, 2.24) is 15.5 Å². The van der Waals surface area contributed by atoms with Gasteiger partial charge in [-0.2, -0.15) is 0 Å². The molecule has 5 nitrogen and oxygen atoms in total. The maximum atomic E-state index is 12.5. The number of rotatable bonds is 6. The molecule has 1 aromatic carbocycles. The number of carbonyl (C=O) groups excluding carboxylic acids is 1. The maximum Gasteiger partial charge on any atom is 0.252 e. The van der Waals surface area contributed by atoms with Gasteiger partial charge in [-0.05, 0) is 51.2 Å². The molecule has 0 bridgehead atoms. The largest absolute Gasteiger partial charge is 0.368 e. The van der Waals surface area contributed by atoms with Gasteiger partial charge in [-0.15, -0.1) is 0 Å². The Kier molecular flexibility index (Phi) is 5.94. The lowest BCUT2D eigenvalue weighted by atomic mass is 9.91. The van der Waals surface area contributed by atoms with Crippen LogP contribution in [0.3, 0.4) is 0 Å². The summed E-state index contributed by atoms with van der Waals surface area (Å²) in [6.45, 7) is 3.08. The number of amides is 1. The molecule has 122 valence electrons. The van der Waals surface area contributed by atoms with Gasteiger partial charge in [0.05, 0.1) is 0 Å². The molecule has 0 unspecified atom stereocenters. The van der Waals surface area contributed by atoms with E-state index >= 15 is 0 Å². The molecule has 0 atom stereocenters. The molecule has 1 aliphatic heterocycles. The lowest BCUT2D eigenvalue weighted by molar-refractivity contribution is -0.146. The van der Waals surface area contributed by atoms with Gasteiger partial charge in [0.15, 0.2) is 0 Å². The average Bonchev–Trinajstić information content (AvgIpc) is 2.53. The molecule has 1 aliphatic rings. The van der Waals surface area contributed by atoms with E-state index in [1.54, 1.807) is 7.11 Å². The van der Waals surface area contributed by atoms with Crippen LogP contribution in [0.25, 0.3) is 0 Å². The lowest BCUT2D eigenvalue weighted by Crippen LogP contribution is -2.53. The number of nitrogens with zero attached hydrogens (tertiary/aromatic N) is 1. The minimum atomic E-state index is -0.674. The van der Waals surface area contributed by atoms with E-state index in [-0.39, 0.29) is 5.91 Å². The van der Waals surface area contributed by atoms with Crippen molar-refractivity contribution in [1.29, 1.82) is 0 Å². The Hall–Kier alpha value is -1.43. The Balaban J connectivity index is 1.95. The number of carbonyl (C=O) groups is 1. The van der Waals surface area contributed by atoms with E-state index in [0.717, 1.165) is 38.0 Å². The van der Waals surface area contributed by atoms with E-state index in [4.69, 9.17) is 4.74 Å². The van der Waals surface area contributed by atoms with E-state index < -0.39 is 5.60 Å². The number of piperidine rings is 1. The topological polar surface area (TPSA) is 53.6 Å². The van der Waals surface area contributed by atoms with Crippen molar-refractivity contribution in [2.45, 2.75) is 31.5 Å². The summed E-state index contributed by atoms with van der Waals surface area (Å²) in [4.78, 5) is 14.6. The minimum Gasteiger partial charge on any atom is -0.368 e. The summed E-state index contributed by atoms with van der Waals surface area (Å²) in [7, 11) is 5.73. The Bertz CT molecular complexity index is 496. The average molecular weight is 305 g/mol. The van der Waals surface area contributed by atoms with Crippen LogP contribution < -0.4 is 10.6 Å². The lowest BCUT2D eigenvalue weighted by Gasteiger charge is -2.34. The molecular weight excluding hydrogens is 278 g/mol. The molecule has 2 N–H and O–H groups in total. The van der Waals surface area contributed by atoms with E-state index in [9.17, 15) is 4.79 Å². The van der Waals surface area contributed by atoms with Crippen LogP contribution in [-0.4, -0.2) is 50.7 Å². The molecule has 0 saturated carbocycles. The number of methoxy groups -OCH3 is 1. The molecule has 0 spiro atoms. The summed E-state index contributed by atoms with van der Waals surface area (Å²) in [5.74, 6) is -0.00508. The van der Waals surface area contributed by atoms with Crippen LogP contribution in [-0.2, 0) is 22.6 Å². The van der Waals surface area contributed by atoms with Gasteiger partial charge in [-0.3, -0.25) is 4.79 Å². The Morgan fingerprint density at radius 2 is 2.00 bits per heavy atom. The molecule has 1 saturated heterocycles. The van der Waals surface area contributed by atoms with Gasteiger partial charge in [0, 0.05) is 20.2 Å². The Labute approximate surface area is 133 Å². The molecule has 0 aromatic heterocycles. The first kappa shape index (κ1) is 16.9. The minimum absolute atomic E-state index is 0.00508. The molecular formula is C17H27N3O2. The zero-order valence-electron chi connectivity index (χ0n) is 13.8. The van der Waals surface area contributed by atoms with E-state index in [2.05, 4.69) is 27.7 Å². The predicted octanol–water partition coefficient (Wildman–Crippen LogP) is 1.13. The summed E-state index contributed by atoms with van der Waals surface area (Å²) in [5, 5.41) is 6.30. The van der Waals surface area contributed by atoms with Crippen LogP contribution in [0.15, 0.2) is 24.3 Å². The van der Waals surface area contributed by atoms with Crippen molar-refractivity contribution >= 4 is 5.91 Å². The van der Waals surface area contributed by atoms with Gasteiger partial charge in [-0.1, -0.05) is 24.3 Å². The first-order chi connectivity index (χ1) is 10.6. The van der Waals surface area contributed by atoms with Crippen LogP contribution in [0.2, 0.25) is 0 Å². The van der Waals surface area contributed by atoms with Gasteiger partial charge in [0.1, 0.15) is 5.60 Å². The SMILES string of the molecule is COC1(C(=O)NCc2cccc(CN(C)C)c2)CCNCC1. The van der Waals surface area contributed by atoms with Crippen molar-refractivity contribution in [3.05, 3.63) is 35.4 Å². The molecule has 1 amide bonds. The number of benzene rings is 1. The second-order valence-electron chi connectivity index (χ2n) is 6.19. The quantitative estimate of drug-likeness (QED) is 0.827. The normalized spacial score (nSPS) is 17.5. The highest BCUT2D eigenvalue weighted by molar-refractivity contribution is 5.85. The zero-order chi connectivity index (χ0) is 16.0. The van der Waals surface area contributed by atoms with Crippen molar-refractivity contribution < 1.29 is 9.53 Å². The molecule has 0 aliphatic carbocycles. The summed E-state index contributed by atoms with van der Waals surface area (Å²) in [5.41, 5.74) is 1.69. The molecule has 5 heteroatoms. The molecule has 1 fully saturated rings. The van der Waals surface area contributed by atoms with Gasteiger partial charge >= 0.3 is 0 Å². The third kappa shape index (κ3) is 4.29. The molecule has 2 rings (SSSR count). The fourth-order valence-electron chi connectivity index (χ4n) is 2.90. The monoisotopic (exact) mass is 305 g/mol. The van der Waals surface area contributed by atoms with Crippen LogP contribution in [0, 0.1) is 0 Å². The van der Waals surface area contributed by atoms with Crippen molar-refractivity contribution in [2.24, 2.45) is 0 Å². The van der Waals surface area contributed by atoms with E-state index in [1.165, 1.54) is 5.56 Å². The maximum absolute atomic E-state index is 12.5. The second kappa shape index (κ2) is 7.72. The van der Waals surface area contributed by atoms with Gasteiger partial charge in [-0.25, -0.2) is 0 Å². The summed E-state index contributed by atoms with van der Waals surface area (Å²) in [6.07, 6.45) is 1.44. The third-order valence-corrected chi connectivity index (χ3v) is 4.16. The van der Waals surface area contributed by atoms with Crippen molar-refractivity contribution in [3.8, 4) is 0 Å². The highest BCUT2D eigenvalue weighted by Crippen LogP contribution is 2.22. The number of ether oxygens (including phenoxy) is 1. The van der Waals surface area contributed by atoms with Crippen LogP contribution in [0.4, 0.5) is 0 Å². The van der Waals surface area contributed by atoms with Crippen LogP contribution in [0.1, 0.15) is 24.0 Å². The number of hydrogen-bond donors (Lipinski definition) is 2. The van der Waals surface area contributed by atoms with E-state index in [0.29, 0.717) is 6.54 Å². The first-order valence-electron chi connectivity index (χ1n) is 7.82. The van der Waals surface area contributed by atoms with Crippen molar-refractivity contribution in [3.63, 3.8) is 0 Å². The summed E-state index contributed by atoms with van der Waals surface area (Å²) < 4.78 is 5.55. The zero-order valence-corrected chi connectivity index (χ0v) is 13.8. The van der Waals surface area contributed by atoms with Gasteiger partial charge < -0.3 is 20.3 Å². The highest BCUT2D eigenvalue weighted by atomic mass is 16.5. The smallest absolute Gasteiger partial charge is 0.252 e. The van der Waals surface area contributed by atoms with Crippen molar-refractivity contribution in [2.75, 3.05) is 34.3 Å². The third-order valence-electron chi connectivity index (χ3n) is 4.16. The Morgan fingerprint density at radius 3 is 2.64 bits per heavy atom. The summed E-state index contributed by atoms with van der Waals surface area (Å²) in [6, 6.07) is 8.33. The van der Waals surface area contributed by atoms with Gasteiger partial charge in [0.25, 0.3) is 5.91 Å². The standard InChI is InChI=1S/C17H27N3O2/c1-20(2)13-15-6-4-5-14(11-15)12-19-16(21)17(22-3)7-9-18-10-8-17/h4-6,11,18H,7-10,12-13H2,1-3H3,(H,19,21). The fourth-order valence-corrected chi connectivity index (χ4v) is 2.90. The van der Waals surface area contributed by atoms with E-state index in [1.807, 2.05) is 26.2 Å². The molecule has 22 heavy (non-hydrogen) atoms. The molecule has 0 radical (unpaired) electrons. The van der Waals surface area contributed by atoms with Gasteiger partial charge in [0.2, 0.25) is 0 Å². The summed E-state index contributed by atoms with van der Waals surface area (Å²) >= 11 is 0. The molecule has 1 heterocycles. The van der Waals surface area contributed by atoms with Crippen LogP contribution >= 0.6 is 0 Å².